The molecule has 0 unspecified atom stereocenters. The van der Waals surface area contributed by atoms with Crippen molar-refractivity contribution in [2.24, 2.45) is 5.10 Å². The molecule has 23 heavy (non-hydrogen) atoms. The highest BCUT2D eigenvalue weighted by molar-refractivity contribution is 9.10. The first-order valence-corrected chi connectivity index (χ1v) is 8.07. The zero-order valence-corrected chi connectivity index (χ0v) is 15.4. The number of carbonyl (C=O) groups is 2. The molecule has 6 nitrogen and oxygen atoms in total. The van der Waals surface area contributed by atoms with Crippen LogP contribution in [0.25, 0.3) is 0 Å². The van der Waals surface area contributed by atoms with Crippen molar-refractivity contribution in [3.05, 3.63) is 28.2 Å². The second-order valence-corrected chi connectivity index (χ2v) is 6.34. The number of hydrogen-bond acceptors (Lipinski definition) is 4. The third-order valence-electron chi connectivity index (χ3n) is 2.74. The Morgan fingerprint density at radius 1 is 1.30 bits per heavy atom. The highest BCUT2D eigenvalue weighted by Gasteiger charge is 2.07. The van der Waals surface area contributed by atoms with E-state index in [2.05, 4.69) is 31.8 Å². The van der Waals surface area contributed by atoms with E-state index < -0.39 is 0 Å². The quantitative estimate of drug-likeness (QED) is 0.560. The maximum Gasteiger partial charge on any atom is 0.277 e. The van der Waals surface area contributed by atoms with Gasteiger partial charge < -0.3 is 10.1 Å². The largest absolute Gasteiger partial charge is 0.484 e. The average Bonchev–Trinajstić information content (AvgIpc) is 2.45. The molecule has 7 heteroatoms. The van der Waals surface area contributed by atoms with E-state index in [4.69, 9.17) is 4.74 Å². The van der Waals surface area contributed by atoms with Crippen LogP contribution in [0.2, 0.25) is 0 Å². The van der Waals surface area contributed by atoms with E-state index >= 15 is 0 Å². The Kier molecular flexibility index (Phi) is 7.74. The van der Waals surface area contributed by atoms with Gasteiger partial charge in [0.2, 0.25) is 5.91 Å². The number of nitrogens with one attached hydrogen (secondary N) is 2. The first kappa shape index (κ1) is 19.2. The van der Waals surface area contributed by atoms with Crippen LogP contribution in [0.15, 0.2) is 27.8 Å². The predicted octanol–water partition coefficient (Wildman–Crippen LogP) is 2.54. The second-order valence-electron chi connectivity index (χ2n) is 5.48. The van der Waals surface area contributed by atoms with Gasteiger partial charge in [0, 0.05) is 16.2 Å². The number of amides is 2. The highest BCUT2D eigenvalue weighted by Crippen LogP contribution is 2.21. The van der Waals surface area contributed by atoms with Gasteiger partial charge >= 0.3 is 0 Å². The fraction of sp³-hybridized carbons (Fsp3) is 0.438. The van der Waals surface area contributed by atoms with Crippen LogP contribution in [-0.4, -0.2) is 30.2 Å². The van der Waals surface area contributed by atoms with Crippen molar-refractivity contribution in [2.45, 2.75) is 40.2 Å². The van der Waals surface area contributed by atoms with Crippen LogP contribution in [0.5, 0.6) is 5.75 Å². The summed E-state index contributed by atoms with van der Waals surface area (Å²) in [7, 11) is 0. The van der Waals surface area contributed by atoms with Crippen molar-refractivity contribution in [1.82, 2.24) is 10.7 Å². The lowest BCUT2D eigenvalue weighted by molar-refractivity contribution is -0.123. The van der Waals surface area contributed by atoms with E-state index in [9.17, 15) is 9.59 Å². The van der Waals surface area contributed by atoms with Gasteiger partial charge in [-0.3, -0.25) is 9.59 Å². The molecule has 0 spiro atoms. The molecule has 0 fully saturated rings. The van der Waals surface area contributed by atoms with Gasteiger partial charge in [-0.05, 0) is 51.5 Å². The molecule has 0 atom stereocenters. The predicted molar refractivity (Wildman–Crippen MR) is 93.5 cm³/mol. The SMILES string of the molecule is C/C(CC(=O)NC(C)C)=N\NC(=O)COc1ccc(Br)c(C)c1. The third-order valence-corrected chi connectivity index (χ3v) is 3.63. The summed E-state index contributed by atoms with van der Waals surface area (Å²) in [6, 6.07) is 5.54. The van der Waals surface area contributed by atoms with E-state index in [1.807, 2.05) is 32.9 Å². The molecule has 1 aromatic carbocycles. The van der Waals surface area contributed by atoms with Crippen molar-refractivity contribution in [2.75, 3.05) is 6.61 Å². The van der Waals surface area contributed by atoms with Gasteiger partial charge in [-0.1, -0.05) is 15.9 Å². The number of nitrogens with zero attached hydrogens (tertiary/aromatic N) is 1. The fourth-order valence-electron chi connectivity index (χ4n) is 1.69. The second kappa shape index (κ2) is 9.29. The van der Waals surface area contributed by atoms with Gasteiger partial charge in [-0.15, -0.1) is 0 Å². The molecule has 2 amide bonds. The summed E-state index contributed by atoms with van der Waals surface area (Å²) in [4.78, 5) is 23.2. The first-order chi connectivity index (χ1) is 10.8. The van der Waals surface area contributed by atoms with Crippen molar-refractivity contribution >= 4 is 33.5 Å². The zero-order valence-electron chi connectivity index (χ0n) is 13.8. The van der Waals surface area contributed by atoms with Crippen LogP contribution in [0, 0.1) is 6.92 Å². The monoisotopic (exact) mass is 383 g/mol. The van der Waals surface area contributed by atoms with E-state index in [0.717, 1.165) is 10.0 Å². The number of aryl methyl sites for hydroxylation is 1. The molecule has 0 aliphatic heterocycles. The minimum Gasteiger partial charge on any atom is -0.484 e. The molecular weight excluding hydrogens is 362 g/mol. The van der Waals surface area contributed by atoms with Crippen LogP contribution >= 0.6 is 15.9 Å². The Labute approximate surface area is 144 Å². The van der Waals surface area contributed by atoms with Crippen molar-refractivity contribution in [3.63, 3.8) is 0 Å². The Bertz CT molecular complexity index is 600. The van der Waals surface area contributed by atoms with Crippen molar-refractivity contribution in [1.29, 1.82) is 0 Å². The summed E-state index contributed by atoms with van der Waals surface area (Å²) in [5.41, 5.74) is 3.92. The lowest BCUT2D eigenvalue weighted by atomic mass is 10.2. The highest BCUT2D eigenvalue weighted by atomic mass is 79.9. The number of hydrazone groups is 1. The number of carbonyl (C=O) groups excluding carboxylic acids is 2. The molecule has 1 rings (SSSR count). The molecule has 0 aliphatic carbocycles. The molecule has 0 aromatic heterocycles. The van der Waals surface area contributed by atoms with E-state index in [1.54, 1.807) is 13.0 Å². The van der Waals surface area contributed by atoms with Gasteiger partial charge in [0.05, 0.1) is 6.42 Å². The molecule has 0 bridgehead atoms. The molecule has 2 N–H and O–H groups in total. The molecule has 0 heterocycles. The van der Waals surface area contributed by atoms with Crippen molar-refractivity contribution in [3.8, 4) is 5.75 Å². The zero-order chi connectivity index (χ0) is 17.4. The smallest absolute Gasteiger partial charge is 0.277 e. The average molecular weight is 384 g/mol. The number of rotatable bonds is 7. The molecule has 0 saturated heterocycles. The standard InChI is InChI=1S/C16H22BrN3O3/c1-10(2)18-15(21)8-12(4)19-20-16(22)9-23-13-5-6-14(17)11(3)7-13/h5-7,10H,8-9H2,1-4H3,(H,18,21)(H,20,22)/b19-12+. The Balaban J connectivity index is 2.39. The lowest BCUT2D eigenvalue weighted by Crippen LogP contribution is -2.32. The number of benzene rings is 1. The lowest BCUT2D eigenvalue weighted by Gasteiger charge is -2.08. The molecule has 126 valence electrons. The number of hydrogen-bond donors (Lipinski definition) is 2. The molecular formula is C16H22BrN3O3. The van der Waals surface area contributed by atoms with Crippen LogP contribution in [0.4, 0.5) is 0 Å². The Morgan fingerprint density at radius 2 is 2.00 bits per heavy atom. The summed E-state index contributed by atoms with van der Waals surface area (Å²) in [5.74, 6) is 0.101. The minimum absolute atomic E-state index is 0.0765. The topological polar surface area (TPSA) is 79.8 Å². The van der Waals surface area contributed by atoms with Gasteiger partial charge in [-0.25, -0.2) is 5.43 Å². The Morgan fingerprint density at radius 3 is 2.61 bits per heavy atom. The summed E-state index contributed by atoms with van der Waals surface area (Å²) in [6.45, 7) is 7.24. The van der Waals surface area contributed by atoms with E-state index in [1.165, 1.54) is 0 Å². The third kappa shape index (κ3) is 7.78. The number of ether oxygens (including phenoxy) is 1. The van der Waals surface area contributed by atoms with Gasteiger partial charge in [0.25, 0.3) is 5.91 Å². The van der Waals surface area contributed by atoms with Crippen LogP contribution in [0.3, 0.4) is 0 Å². The van der Waals surface area contributed by atoms with Crippen LogP contribution in [-0.2, 0) is 9.59 Å². The maximum atomic E-state index is 11.7. The molecule has 0 aliphatic rings. The first-order valence-electron chi connectivity index (χ1n) is 7.28. The fourth-order valence-corrected chi connectivity index (χ4v) is 1.94. The number of halogens is 1. The van der Waals surface area contributed by atoms with Gasteiger partial charge in [-0.2, -0.15) is 5.10 Å². The van der Waals surface area contributed by atoms with Crippen LogP contribution < -0.4 is 15.5 Å². The summed E-state index contributed by atoms with van der Waals surface area (Å²) in [6.07, 6.45) is 0.144. The molecule has 0 radical (unpaired) electrons. The normalized spacial score (nSPS) is 11.3. The Hall–Kier alpha value is -1.89. The minimum atomic E-state index is -0.380. The van der Waals surface area contributed by atoms with Crippen molar-refractivity contribution < 1.29 is 14.3 Å². The van der Waals surface area contributed by atoms with E-state index in [0.29, 0.717) is 11.5 Å². The molecule has 0 saturated carbocycles. The summed E-state index contributed by atoms with van der Waals surface area (Å²) < 4.78 is 6.37. The summed E-state index contributed by atoms with van der Waals surface area (Å²) >= 11 is 3.40. The van der Waals surface area contributed by atoms with Crippen LogP contribution in [0.1, 0.15) is 32.8 Å². The molecule has 1 aromatic rings. The van der Waals surface area contributed by atoms with E-state index in [-0.39, 0.29) is 30.9 Å². The van der Waals surface area contributed by atoms with Gasteiger partial charge in [0.1, 0.15) is 5.75 Å². The van der Waals surface area contributed by atoms with Gasteiger partial charge in [0.15, 0.2) is 6.61 Å². The maximum absolute atomic E-state index is 11.7. The summed E-state index contributed by atoms with van der Waals surface area (Å²) in [5, 5.41) is 6.64.